The van der Waals surface area contributed by atoms with E-state index < -0.39 is 11.7 Å². The van der Waals surface area contributed by atoms with Gasteiger partial charge in [0.2, 0.25) is 0 Å². The summed E-state index contributed by atoms with van der Waals surface area (Å²) in [6, 6.07) is 13.4. The molecule has 0 radical (unpaired) electrons. The Morgan fingerprint density at radius 1 is 1.15 bits per heavy atom. The van der Waals surface area contributed by atoms with Gasteiger partial charge < -0.3 is 19.2 Å². The molecule has 1 atom stereocenters. The molecule has 2 heterocycles. The minimum atomic E-state index is -0.487. The first-order valence-corrected chi connectivity index (χ1v) is 8.07. The van der Waals surface area contributed by atoms with E-state index >= 15 is 0 Å². The van der Waals surface area contributed by atoms with Gasteiger partial charge in [0.1, 0.15) is 18.5 Å². The van der Waals surface area contributed by atoms with Crippen molar-refractivity contribution < 1.29 is 23.1 Å². The van der Waals surface area contributed by atoms with Crippen LogP contribution >= 0.6 is 0 Å². The number of aromatic nitrogens is 1. The van der Waals surface area contributed by atoms with Gasteiger partial charge in [-0.25, -0.2) is 9.37 Å². The Balaban J connectivity index is 1.44. The van der Waals surface area contributed by atoms with Crippen molar-refractivity contribution in [1.82, 2.24) is 10.3 Å². The molecule has 0 aliphatic carbocycles. The van der Waals surface area contributed by atoms with Crippen molar-refractivity contribution in [3.63, 3.8) is 0 Å². The molecule has 2 aromatic carbocycles. The number of ether oxygens (including phenoxy) is 2. The average Bonchev–Trinajstić information content (AvgIpc) is 3.16. The SMILES string of the molecule is O=C(NCC1COc2ccccc2O1)c1ncoc1-c1ccccc1F. The predicted molar refractivity (Wildman–Crippen MR) is 90.6 cm³/mol. The predicted octanol–water partition coefficient (Wildman–Crippen LogP) is 3.05. The van der Waals surface area contributed by atoms with Crippen molar-refractivity contribution in [2.75, 3.05) is 13.2 Å². The van der Waals surface area contributed by atoms with Crippen LogP contribution in [0.3, 0.4) is 0 Å². The van der Waals surface area contributed by atoms with Crippen LogP contribution < -0.4 is 14.8 Å². The number of hydrogen-bond acceptors (Lipinski definition) is 5. The van der Waals surface area contributed by atoms with E-state index in [0.717, 1.165) is 6.39 Å². The molecule has 1 N–H and O–H groups in total. The normalized spacial score (nSPS) is 15.5. The zero-order valence-electron chi connectivity index (χ0n) is 13.6. The number of halogens is 1. The van der Waals surface area contributed by atoms with Crippen LogP contribution in [0.4, 0.5) is 4.39 Å². The molecular formula is C19H15FN2O4. The Labute approximate surface area is 148 Å². The van der Waals surface area contributed by atoms with Crippen LogP contribution in [0.2, 0.25) is 0 Å². The molecule has 3 aromatic rings. The average molecular weight is 354 g/mol. The third kappa shape index (κ3) is 3.11. The smallest absolute Gasteiger partial charge is 0.274 e. The summed E-state index contributed by atoms with van der Waals surface area (Å²) in [5.41, 5.74) is 0.202. The van der Waals surface area contributed by atoms with Crippen molar-refractivity contribution in [3.8, 4) is 22.8 Å². The second-order valence-electron chi connectivity index (χ2n) is 5.72. The molecule has 0 bridgehead atoms. The minimum absolute atomic E-state index is 0.0206. The number of nitrogens with zero attached hydrogens (tertiary/aromatic N) is 1. The first-order chi connectivity index (χ1) is 12.7. The Morgan fingerprint density at radius 3 is 2.77 bits per heavy atom. The number of para-hydroxylation sites is 2. The lowest BCUT2D eigenvalue weighted by Crippen LogP contribution is -2.40. The Hall–Kier alpha value is -3.35. The zero-order chi connectivity index (χ0) is 17.9. The fourth-order valence-electron chi connectivity index (χ4n) is 2.70. The highest BCUT2D eigenvalue weighted by molar-refractivity contribution is 5.97. The Kier molecular flexibility index (Phi) is 4.27. The first kappa shape index (κ1) is 16.1. The molecule has 1 amide bonds. The van der Waals surface area contributed by atoms with Gasteiger partial charge in [-0.1, -0.05) is 24.3 Å². The van der Waals surface area contributed by atoms with Crippen LogP contribution in [-0.4, -0.2) is 30.1 Å². The second-order valence-corrected chi connectivity index (χ2v) is 5.72. The minimum Gasteiger partial charge on any atom is -0.486 e. The summed E-state index contributed by atoms with van der Waals surface area (Å²) < 4.78 is 30.6. The highest BCUT2D eigenvalue weighted by Crippen LogP contribution is 2.30. The maximum Gasteiger partial charge on any atom is 0.274 e. The molecule has 1 aliphatic heterocycles. The van der Waals surface area contributed by atoms with Crippen molar-refractivity contribution in [2.45, 2.75) is 6.10 Å². The van der Waals surface area contributed by atoms with Gasteiger partial charge >= 0.3 is 0 Å². The summed E-state index contributed by atoms with van der Waals surface area (Å²) in [6.45, 7) is 0.535. The molecule has 1 aromatic heterocycles. The Bertz CT molecular complexity index is 941. The van der Waals surface area contributed by atoms with Gasteiger partial charge in [-0.2, -0.15) is 0 Å². The first-order valence-electron chi connectivity index (χ1n) is 8.07. The molecule has 132 valence electrons. The van der Waals surface area contributed by atoms with E-state index in [2.05, 4.69) is 10.3 Å². The quantitative estimate of drug-likeness (QED) is 0.780. The number of rotatable bonds is 4. The van der Waals surface area contributed by atoms with E-state index in [0.29, 0.717) is 18.1 Å². The van der Waals surface area contributed by atoms with Crippen LogP contribution in [0.15, 0.2) is 59.3 Å². The van der Waals surface area contributed by atoms with Crippen molar-refractivity contribution >= 4 is 5.91 Å². The zero-order valence-corrected chi connectivity index (χ0v) is 13.6. The van der Waals surface area contributed by atoms with Crippen LogP contribution in [-0.2, 0) is 0 Å². The molecule has 1 aliphatic rings. The third-order valence-corrected chi connectivity index (χ3v) is 3.96. The third-order valence-electron chi connectivity index (χ3n) is 3.96. The standard InChI is InChI=1S/C19H15FN2O4/c20-14-6-2-1-5-13(14)18-17(22-11-25-18)19(23)21-9-12-10-24-15-7-3-4-8-16(15)26-12/h1-8,11-12H,9-10H2,(H,21,23). The van der Waals surface area contributed by atoms with E-state index in [4.69, 9.17) is 13.9 Å². The number of amides is 1. The highest BCUT2D eigenvalue weighted by Gasteiger charge is 2.24. The largest absolute Gasteiger partial charge is 0.486 e. The van der Waals surface area contributed by atoms with Gasteiger partial charge in [0, 0.05) is 0 Å². The molecule has 0 saturated carbocycles. The molecule has 0 fully saturated rings. The van der Waals surface area contributed by atoms with Crippen LogP contribution in [0.1, 0.15) is 10.5 Å². The number of nitrogens with one attached hydrogen (secondary N) is 1. The fourth-order valence-corrected chi connectivity index (χ4v) is 2.70. The maximum atomic E-state index is 14.0. The molecule has 0 saturated heterocycles. The van der Waals surface area contributed by atoms with Gasteiger partial charge in [-0.3, -0.25) is 4.79 Å². The van der Waals surface area contributed by atoms with Crippen molar-refractivity contribution in [1.29, 1.82) is 0 Å². The molecule has 6 nitrogen and oxygen atoms in total. The molecule has 26 heavy (non-hydrogen) atoms. The van der Waals surface area contributed by atoms with Gasteiger partial charge in [-0.05, 0) is 24.3 Å². The van der Waals surface area contributed by atoms with Crippen LogP contribution in [0, 0.1) is 5.82 Å². The number of fused-ring (bicyclic) bond motifs is 1. The van der Waals surface area contributed by atoms with Gasteiger partial charge in [0.15, 0.2) is 29.3 Å². The summed E-state index contributed by atoms with van der Waals surface area (Å²) >= 11 is 0. The topological polar surface area (TPSA) is 73.6 Å². The van der Waals surface area contributed by atoms with E-state index in [1.165, 1.54) is 12.1 Å². The van der Waals surface area contributed by atoms with E-state index in [1.807, 2.05) is 18.2 Å². The number of carbonyl (C=O) groups excluding carboxylic acids is 1. The van der Waals surface area contributed by atoms with E-state index in [9.17, 15) is 9.18 Å². The van der Waals surface area contributed by atoms with Gasteiger partial charge in [0.05, 0.1) is 12.1 Å². The maximum absolute atomic E-state index is 14.0. The van der Waals surface area contributed by atoms with E-state index in [1.54, 1.807) is 18.2 Å². The number of hydrogen-bond donors (Lipinski definition) is 1. The summed E-state index contributed by atoms with van der Waals surface area (Å²) in [7, 11) is 0. The van der Waals surface area contributed by atoms with Crippen LogP contribution in [0.25, 0.3) is 11.3 Å². The van der Waals surface area contributed by atoms with Crippen molar-refractivity contribution in [2.24, 2.45) is 0 Å². The van der Waals surface area contributed by atoms with Crippen molar-refractivity contribution in [3.05, 3.63) is 66.4 Å². The molecular weight excluding hydrogens is 339 g/mol. The number of carbonyl (C=O) groups is 1. The fraction of sp³-hybridized carbons (Fsp3) is 0.158. The molecule has 0 spiro atoms. The Morgan fingerprint density at radius 2 is 1.92 bits per heavy atom. The number of oxazole rings is 1. The lowest BCUT2D eigenvalue weighted by atomic mass is 10.1. The van der Waals surface area contributed by atoms with E-state index in [-0.39, 0.29) is 29.7 Å². The molecule has 4 rings (SSSR count). The summed E-state index contributed by atoms with van der Waals surface area (Å²) in [4.78, 5) is 16.4. The lowest BCUT2D eigenvalue weighted by Gasteiger charge is -2.26. The molecule has 1 unspecified atom stereocenters. The number of benzene rings is 2. The second kappa shape index (κ2) is 6.87. The highest BCUT2D eigenvalue weighted by atomic mass is 19.1. The lowest BCUT2D eigenvalue weighted by molar-refractivity contribution is 0.0787. The summed E-state index contributed by atoms with van der Waals surface area (Å²) in [6.07, 6.45) is 0.783. The van der Waals surface area contributed by atoms with Gasteiger partial charge in [-0.15, -0.1) is 0 Å². The summed E-state index contributed by atoms with van der Waals surface area (Å²) in [5, 5.41) is 2.73. The summed E-state index contributed by atoms with van der Waals surface area (Å²) in [5.74, 6) is 0.435. The van der Waals surface area contributed by atoms with Crippen LogP contribution in [0.5, 0.6) is 11.5 Å². The van der Waals surface area contributed by atoms with Gasteiger partial charge in [0.25, 0.3) is 5.91 Å². The monoisotopic (exact) mass is 354 g/mol. The molecule has 7 heteroatoms.